The minimum Gasteiger partial charge on any atom is -0.457 e. The van der Waals surface area contributed by atoms with E-state index >= 15 is 0 Å². The molecule has 0 aliphatic carbocycles. The van der Waals surface area contributed by atoms with Gasteiger partial charge in [0.05, 0.1) is 11.7 Å². The van der Waals surface area contributed by atoms with E-state index in [1.54, 1.807) is 0 Å². The standard InChI is InChI=1S/C21H21N3O3S/c1-2-28(25,26)23-14-12-18(16-23)24-15-13-21(22-24)17-8-10-20(11-9-17)27-19-6-4-3-5-7-19/h2-11,13,15,18H,1,12,14,16H2. The summed E-state index contributed by atoms with van der Waals surface area (Å²) in [6, 6.07) is 19.4. The third kappa shape index (κ3) is 3.85. The molecule has 1 aliphatic rings. The van der Waals surface area contributed by atoms with Crippen molar-refractivity contribution in [3.05, 3.63) is 78.8 Å². The fourth-order valence-electron chi connectivity index (χ4n) is 3.28. The van der Waals surface area contributed by atoms with Crippen molar-refractivity contribution >= 4 is 10.0 Å². The molecule has 1 aromatic heterocycles. The molecule has 1 aliphatic heterocycles. The summed E-state index contributed by atoms with van der Waals surface area (Å²) < 4.78 is 33.0. The Hall–Kier alpha value is -2.90. The second-order valence-corrected chi connectivity index (χ2v) is 8.51. The van der Waals surface area contributed by atoms with Crippen molar-refractivity contribution in [2.75, 3.05) is 13.1 Å². The number of benzene rings is 2. The summed E-state index contributed by atoms with van der Waals surface area (Å²) in [4.78, 5) is 0. The highest BCUT2D eigenvalue weighted by atomic mass is 32.2. The van der Waals surface area contributed by atoms with E-state index in [-0.39, 0.29) is 6.04 Å². The van der Waals surface area contributed by atoms with Gasteiger partial charge in [0, 0.05) is 30.3 Å². The van der Waals surface area contributed by atoms with Gasteiger partial charge in [0.15, 0.2) is 0 Å². The van der Waals surface area contributed by atoms with Crippen LogP contribution in [0.25, 0.3) is 11.3 Å². The molecule has 1 saturated heterocycles. The Morgan fingerprint density at radius 1 is 1.04 bits per heavy atom. The first-order valence-corrected chi connectivity index (χ1v) is 10.6. The molecule has 0 radical (unpaired) electrons. The van der Waals surface area contributed by atoms with Gasteiger partial charge in [-0.1, -0.05) is 24.8 Å². The molecule has 4 rings (SSSR count). The number of aromatic nitrogens is 2. The van der Waals surface area contributed by atoms with E-state index < -0.39 is 10.0 Å². The minimum atomic E-state index is -3.37. The van der Waals surface area contributed by atoms with E-state index in [1.807, 2.05) is 71.5 Å². The topological polar surface area (TPSA) is 64.4 Å². The van der Waals surface area contributed by atoms with Crippen molar-refractivity contribution in [2.24, 2.45) is 0 Å². The largest absolute Gasteiger partial charge is 0.457 e. The van der Waals surface area contributed by atoms with Gasteiger partial charge in [0.1, 0.15) is 11.5 Å². The van der Waals surface area contributed by atoms with Crippen LogP contribution in [0.15, 0.2) is 78.8 Å². The number of hydrogen-bond donors (Lipinski definition) is 0. The molecule has 1 atom stereocenters. The molecule has 0 saturated carbocycles. The molecule has 6 nitrogen and oxygen atoms in total. The lowest BCUT2D eigenvalue weighted by Gasteiger charge is -2.13. The molecule has 2 aromatic carbocycles. The Bertz CT molecular complexity index is 1060. The lowest BCUT2D eigenvalue weighted by atomic mass is 10.1. The molecule has 1 unspecified atom stereocenters. The van der Waals surface area contributed by atoms with Gasteiger partial charge >= 0.3 is 0 Å². The highest BCUT2D eigenvalue weighted by Crippen LogP contribution is 2.28. The van der Waals surface area contributed by atoms with Gasteiger partial charge in [-0.05, 0) is 48.9 Å². The second-order valence-electron chi connectivity index (χ2n) is 6.63. The van der Waals surface area contributed by atoms with Gasteiger partial charge < -0.3 is 4.74 Å². The van der Waals surface area contributed by atoms with Crippen molar-refractivity contribution in [2.45, 2.75) is 12.5 Å². The summed E-state index contributed by atoms with van der Waals surface area (Å²) in [7, 11) is -3.37. The van der Waals surface area contributed by atoms with Crippen molar-refractivity contribution in [3.8, 4) is 22.8 Å². The molecular weight excluding hydrogens is 374 g/mol. The van der Waals surface area contributed by atoms with E-state index in [4.69, 9.17) is 4.74 Å². The van der Waals surface area contributed by atoms with Crippen LogP contribution in [0, 0.1) is 0 Å². The van der Waals surface area contributed by atoms with Crippen molar-refractivity contribution in [3.63, 3.8) is 0 Å². The average Bonchev–Trinajstić information content (AvgIpc) is 3.39. The van der Waals surface area contributed by atoms with E-state index in [1.165, 1.54) is 4.31 Å². The first kappa shape index (κ1) is 18.5. The molecule has 0 N–H and O–H groups in total. The predicted molar refractivity (Wildman–Crippen MR) is 109 cm³/mol. The van der Waals surface area contributed by atoms with E-state index in [0.717, 1.165) is 34.6 Å². The third-order valence-corrected chi connectivity index (χ3v) is 6.28. The number of sulfonamides is 1. The summed E-state index contributed by atoms with van der Waals surface area (Å²) in [6.07, 6.45) is 2.64. The van der Waals surface area contributed by atoms with Crippen molar-refractivity contribution < 1.29 is 13.2 Å². The summed E-state index contributed by atoms with van der Waals surface area (Å²) in [6.45, 7) is 4.29. The molecular formula is C21H21N3O3S. The lowest BCUT2D eigenvalue weighted by Crippen LogP contribution is -2.27. The van der Waals surface area contributed by atoms with Crippen molar-refractivity contribution in [1.82, 2.24) is 14.1 Å². The van der Waals surface area contributed by atoms with Crippen LogP contribution in [0.2, 0.25) is 0 Å². The molecule has 7 heteroatoms. The summed E-state index contributed by atoms with van der Waals surface area (Å²) in [5, 5.41) is 5.65. The summed E-state index contributed by atoms with van der Waals surface area (Å²) in [5.74, 6) is 1.55. The molecule has 1 fully saturated rings. The normalized spacial score (nSPS) is 17.5. The fourth-order valence-corrected chi connectivity index (χ4v) is 4.23. The Morgan fingerprint density at radius 3 is 2.46 bits per heavy atom. The first-order chi connectivity index (χ1) is 13.5. The van der Waals surface area contributed by atoms with Gasteiger partial charge in [-0.15, -0.1) is 0 Å². The van der Waals surface area contributed by atoms with Crippen LogP contribution in [-0.4, -0.2) is 35.6 Å². The molecule has 2 heterocycles. The predicted octanol–water partition coefficient (Wildman–Crippen LogP) is 4.06. The smallest absolute Gasteiger partial charge is 0.235 e. The van der Waals surface area contributed by atoms with E-state index in [2.05, 4.69) is 11.7 Å². The van der Waals surface area contributed by atoms with Gasteiger partial charge in [-0.25, -0.2) is 8.42 Å². The number of ether oxygens (including phenoxy) is 1. The van der Waals surface area contributed by atoms with Crippen LogP contribution in [0.3, 0.4) is 0 Å². The number of hydrogen-bond acceptors (Lipinski definition) is 4. The minimum absolute atomic E-state index is 0.0316. The maximum atomic E-state index is 11.9. The molecule has 28 heavy (non-hydrogen) atoms. The maximum absolute atomic E-state index is 11.9. The average molecular weight is 395 g/mol. The number of rotatable bonds is 6. The Balaban J connectivity index is 1.45. The van der Waals surface area contributed by atoms with E-state index in [0.29, 0.717) is 13.1 Å². The molecule has 0 bridgehead atoms. The van der Waals surface area contributed by atoms with Crippen LogP contribution in [0.1, 0.15) is 12.5 Å². The third-order valence-electron chi connectivity index (χ3n) is 4.81. The van der Waals surface area contributed by atoms with E-state index in [9.17, 15) is 8.42 Å². The molecule has 0 spiro atoms. The van der Waals surface area contributed by atoms with Crippen LogP contribution < -0.4 is 4.74 Å². The van der Waals surface area contributed by atoms with Gasteiger partial charge in [-0.2, -0.15) is 9.40 Å². The van der Waals surface area contributed by atoms with Gasteiger partial charge in [-0.3, -0.25) is 4.68 Å². The quantitative estimate of drug-likeness (QED) is 0.631. The van der Waals surface area contributed by atoms with Crippen LogP contribution in [-0.2, 0) is 10.0 Å². The van der Waals surface area contributed by atoms with Crippen LogP contribution >= 0.6 is 0 Å². The highest BCUT2D eigenvalue weighted by molar-refractivity contribution is 7.92. The molecule has 3 aromatic rings. The zero-order valence-corrected chi connectivity index (χ0v) is 16.1. The maximum Gasteiger partial charge on any atom is 0.235 e. The lowest BCUT2D eigenvalue weighted by molar-refractivity contribution is 0.439. The number of nitrogens with zero attached hydrogens (tertiary/aromatic N) is 3. The van der Waals surface area contributed by atoms with Gasteiger partial charge in [0.25, 0.3) is 0 Å². The Kier molecular flexibility index (Phi) is 5.02. The first-order valence-electron chi connectivity index (χ1n) is 9.06. The zero-order valence-electron chi connectivity index (χ0n) is 15.3. The molecule has 144 valence electrons. The summed E-state index contributed by atoms with van der Waals surface area (Å²) >= 11 is 0. The fraction of sp³-hybridized carbons (Fsp3) is 0.190. The zero-order chi connectivity index (χ0) is 19.6. The SMILES string of the molecule is C=CS(=O)(=O)N1CCC(n2ccc(-c3ccc(Oc4ccccc4)cc3)n2)C1. The van der Waals surface area contributed by atoms with Crippen LogP contribution in [0.4, 0.5) is 0 Å². The number of para-hydroxylation sites is 1. The monoisotopic (exact) mass is 395 g/mol. The molecule has 0 amide bonds. The van der Waals surface area contributed by atoms with Crippen molar-refractivity contribution in [1.29, 1.82) is 0 Å². The van der Waals surface area contributed by atoms with Crippen LogP contribution in [0.5, 0.6) is 11.5 Å². The Labute approximate surface area is 164 Å². The second kappa shape index (κ2) is 7.61. The highest BCUT2D eigenvalue weighted by Gasteiger charge is 2.31. The summed E-state index contributed by atoms with van der Waals surface area (Å²) in [5.41, 5.74) is 1.82. The van der Waals surface area contributed by atoms with Gasteiger partial charge in [0.2, 0.25) is 10.0 Å². The Morgan fingerprint density at radius 2 is 1.75 bits per heavy atom.